The van der Waals surface area contributed by atoms with Gasteiger partial charge in [0.05, 0.1) is 23.0 Å². The van der Waals surface area contributed by atoms with E-state index in [2.05, 4.69) is 0 Å². The highest BCUT2D eigenvalue weighted by Gasteiger charge is 2.33. The Kier molecular flexibility index (Phi) is 4.41. The number of rotatable bonds is 4. The molecule has 0 aliphatic carbocycles. The standard InChI is InChI=1S/C14H19ClO3S/c1-10(2)18-13-5-3-11(4-6-13)14(15)12-7-8-19(16,17)9-12/h3-6,10,12,14H,7-9H2,1-2H3. The van der Waals surface area contributed by atoms with Crippen molar-refractivity contribution in [2.45, 2.75) is 31.7 Å². The van der Waals surface area contributed by atoms with Gasteiger partial charge in [0.25, 0.3) is 0 Å². The molecule has 0 radical (unpaired) electrons. The molecule has 5 heteroatoms. The summed E-state index contributed by atoms with van der Waals surface area (Å²) in [5.41, 5.74) is 0.958. The number of hydrogen-bond acceptors (Lipinski definition) is 3. The van der Waals surface area contributed by atoms with Gasteiger partial charge in [-0.15, -0.1) is 11.6 Å². The van der Waals surface area contributed by atoms with Crippen LogP contribution in [0, 0.1) is 5.92 Å². The lowest BCUT2D eigenvalue weighted by Crippen LogP contribution is -2.10. The minimum Gasteiger partial charge on any atom is -0.491 e. The van der Waals surface area contributed by atoms with E-state index in [4.69, 9.17) is 16.3 Å². The second-order valence-corrected chi connectivity index (χ2v) is 8.00. The molecule has 0 aromatic heterocycles. The van der Waals surface area contributed by atoms with E-state index >= 15 is 0 Å². The molecule has 2 atom stereocenters. The van der Waals surface area contributed by atoms with Gasteiger partial charge in [0, 0.05) is 0 Å². The molecular weight excluding hydrogens is 284 g/mol. The van der Waals surface area contributed by atoms with E-state index < -0.39 is 9.84 Å². The summed E-state index contributed by atoms with van der Waals surface area (Å²) in [6, 6.07) is 7.60. The summed E-state index contributed by atoms with van der Waals surface area (Å²) in [6.07, 6.45) is 0.790. The predicted molar refractivity (Wildman–Crippen MR) is 77.6 cm³/mol. The van der Waals surface area contributed by atoms with Crippen LogP contribution in [0.4, 0.5) is 0 Å². The maximum absolute atomic E-state index is 11.5. The topological polar surface area (TPSA) is 43.4 Å². The lowest BCUT2D eigenvalue weighted by Gasteiger charge is -2.17. The fourth-order valence-corrected chi connectivity index (χ4v) is 4.64. The first kappa shape index (κ1) is 14.7. The maximum Gasteiger partial charge on any atom is 0.150 e. The molecule has 1 aliphatic heterocycles. The van der Waals surface area contributed by atoms with Gasteiger partial charge < -0.3 is 4.74 Å². The van der Waals surface area contributed by atoms with Crippen molar-refractivity contribution in [1.82, 2.24) is 0 Å². The molecule has 0 N–H and O–H groups in total. The SMILES string of the molecule is CC(C)Oc1ccc(C(Cl)C2CCS(=O)(=O)C2)cc1. The Morgan fingerprint density at radius 2 is 1.89 bits per heavy atom. The molecule has 0 bridgehead atoms. The van der Waals surface area contributed by atoms with Crippen LogP contribution in [-0.4, -0.2) is 26.0 Å². The minimum absolute atomic E-state index is 0.0172. The number of hydrogen-bond donors (Lipinski definition) is 0. The smallest absolute Gasteiger partial charge is 0.150 e. The van der Waals surface area contributed by atoms with Crippen molar-refractivity contribution in [2.75, 3.05) is 11.5 Å². The van der Waals surface area contributed by atoms with E-state index in [0.29, 0.717) is 6.42 Å². The fourth-order valence-electron chi connectivity index (χ4n) is 2.33. The van der Waals surface area contributed by atoms with Crippen LogP contribution in [-0.2, 0) is 9.84 Å². The van der Waals surface area contributed by atoms with Crippen molar-refractivity contribution in [1.29, 1.82) is 0 Å². The number of benzene rings is 1. The number of alkyl halides is 1. The normalized spacial score (nSPS) is 23.5. The summed E-state index contributed by atoms with van der Waals surface area (Å²) in [7, 11) is -2.88. The van der Waals surface area contributed by atoms with E-state index in [1.165, 1.54) is 0 Å². The Morgan fingerprint density at radius 1 is 1.26 bits per heavy atom. The molecule has 2 unspecified atom stereocenters. The van der Waals surface area contributed by atoms with Gasteiger partial charge >= 0.3 is 0 Å². The maximum atomic E-state index is 11.5. The van der Waals surface area contributed by atoms with Gasteiger partial charge in [0.2, 0.25) is 0 Å². The van der Waals surface area contributed by atoms with Crippen LogP contribution >= 0.6 is 11.6 Å². The molecule has 1 aliphatic rings. The third-order valence-electron chi connectivity index (χ3n) is 3.25. The summed E-state index contributed by atoms with van der Waals surface area (Å²) >= 11 is 6.39. The molecule has 1 heterocycles. The Morgan fingerprint density at radius 3 is 2.37 bits per heavy atom. The molecule has 1 saturated heterocycles. The zero-order chi connectivity index (χ0) is 14.0. The van der Waals surface area contributed by atoms with E-state index in [1.807, 2.05) is 38.1 Å². The van der Waals surface area contributed by atoms with Gasteiger partial charge in [0.15, 0.2) is 9.84 Å². The van der Waals surface area contributed by atoms with E-state index in [-0.39, 0.29) is 28.9 Å². The van der Waals surface area contributed by atoms with Crippen LogP contribution in [0.2, 0.25) is 0 Å². The van der Waals surface area contributed by atoms with Crippen molar-refractivity contribution in [2.24, 2.45) is 5.92 Å². The van der Waals surface area contributed by atoms with E-state index in [1.54, 1.807) is 0 Å². The highest BCUT2D eigenvalue weighted by molar-refractivity contribution is 7.91. The second kappa shape index (κ2) is 5.71. The average molecular weight is 303 g/mol. The molecule has 106 valence electrons. The largest absolute Gasteiger partial charge is 0.491 e. The van der Waals surface area contributed by atoms with Crippen LogP contribution in [0.3, 0.4) is 0 Å². The Labute approximate surface area is 119 Å². The highest BCUT2D eigenvalue weighted by Crippen LogP contribution is 2.36. The van der Waals surface area contributed by atoms with Crippen molar-refractivity contribution < 1.29 is 13.2 Å². The average Bonchev–Trinajstić information content (AvgIpc) is 2.69. The summed E-state index contributed by atoms with van der Waals surface area (Å²) in [6.45, 7) is 3.95. The third-order valence-corrected chi connectivity index (χ3v) is 5.65. The summed E-state index contributed by atoms with van der Waals surface area (Å²) in [5, 5.41) is -0.245. The van der Waals surface area contributed by atoms with E-state index in [9.17, 15) is 8.42 Å². The van der Waals surface area contributed by atoms with Crippen LogP contribution in [0.1, 0.15) is 31.2 Å². The molecule has 1 aromatic rings. The monoisotopic (exact) mass is 302 g/mol. The van der Waals surface area contributed by atoms with Gasteiger partial charge in [0.1, 0.15) is 5.75 Å². The van der Waals surface area contributed by atoms with Crippen LogP contribution < -0.4 is 4.74 Å². The summed E-state index contributed by atoms with van der Waals surface area (Å²) in [5.74, 6) is 1.28. The van der Waals surface area contributed by atoms with Crippen LogP contribution in [0.5, 0.6) is 5.75 Å². The van der Waals surface area contributed by atoms with Gasteiger partial charge in [-0.1, -0.05) is 12.1 Å². The molecule has 1 aromatic carbocycles. The number of ether oxygens (including phenoxy) is 1. The lowest BCUT2D eigenvalue weighted by molar-refractivity contribution is 0.242. The van der Waals surface area contributed by atoms with Gasteiger partial charge in [-0.05, 0) is 43.9 Å². The van der Waals surface area contributed by atoms with E-state index in [0.717, 1.165) is 11.3 Å². The zero-order valence-corrected chi connectivity index (χ0v) is 12.7. The molecule has 1 fully saturated rings. The van der Waals surface area contributed by atoms with Crippen LogP contribution in [0.15, 0.2) is 24.3 Å². The Balaban J connectivity index is 2.06. The molecule has 0 saturated carbocycles. The number of halogens is 1. The Hall–Kier alpha value is -0.740. The molecule has 0 spiro atoms. The predicted octanol–water partition coefficient (Wildman–Crippen LogP) is 3.19. The summed E-state index contributed by atoms with van der Waals surface area (Å²) in [4.78, 5) is 0. The highest BCUT2D eigenvalue weighted by atomic mass is 35.5. The van der Waals surface area contributed by atoms with Crippen molar-refractivity contribution in [3.63, 3.8) is 0 Å². The molecule has 3 nitrogen and oxygen atoms in total. The molecule has 2 rings (SSSR count). The van der Waals surface area contributed by atoms with Crippen molar-refractivity contribution in [3.8, 4) is 5.75 Å². The first-order valence-corrected chi connectivity index (χ1v) is 8.74. The van der Waals surface area contributed by atoms with Crippen molar-refractivity contribution >= 4 is 21.4 Å². The molecule has 19 heavy (non-hydrogen) atoms. The Bertz CT molecular complexity index is 522. The minimum atomic E-state index is -2.88. The quantitative estimate of drug-likeness (QED) is 0.802. The van der Waals surface area contributed by atoms with Gasteiger partial charge in [-0.3, -0.25) is 0 Å². The lowest BCUT2D eigenvalue weighted by atomic mass is 9.98. The molecular formula is C14H19ClO3S. The van der Waals surface area contributed by atoms with Crippen LogP contribution in [0.25, 0.3) is 0 Å². The summed E-state index contributed by atoms with van der Waals surface area (Å²) < 4.78 is 28.5. The first-order valence-electron chi connectivity index (χ1n) is 6.48. The van der Waals surface area contributed by atoms with Gasteiger partial charge in [-0.2, -0.15) is 0 Å². The second-order valence-electron chi connectivity index (χ2n) is 5.30. The molecule has 0 amide bonds. The number of sulfone groups is 1. The van der Waals surface area contributed by atoms with Gasteiger partial charge in [-0.25, -0.2) is 8.42 Å². The first-order chi connectivity index (χ1) is 8.87. The third kappa shape index (κ3) is 3.86. The zero-order valence-electron chi connectivity index (χ0n) is 11.2. The fraction of sp³-hybridized carbons (Fsp3) is 0.571. The van der Waals surface area contributed by atoms with Crippen molar-refractivity contribution in [3.05, 3.63) is 29.8 Å².